The number of nitrogens with one attached hydrogen (secondary N) is 2. The molecule has 5 rings (SSSR count). The van der Waals surface area contributed by atoms with Gasteiger partial charge in [-0.05, 0) is 24.3 Å². The van der Waals surface area contributed by atoms with Gasteiger partial charge >= 0.3 is 0 Å². The van der Waals surface area contributed by atoms with Crippen LogP contribution in [-0.2, 0) is 10.4 Å². The number of hydrogen-bond donors (Lipinski definition) is 3. The van der Waals surface area contributed by atoms with Gasteiger partial charge < -0.3 is 20.1 Å². The first-order valence-corrected chi connectivity index (χ1v) is 10.4. The minimum atomic E-state index is -2.10. The van der Waals surface area contributed by atoms with E-state index in [0.29, 0.717) is 17.0 Å². The lowest BCUT2D eigenvalue weighted by molar-refractivity contribution is -0.131. The van der Waals surface area contributed by atoms with Gasteiger partial charge in [0.05, 0.1) is 30.7 Å². The molecule has 0 aliphatic carbocycles. The van der Waals surface area contributed by atoms with Crippen LogP contribution >= 0.6 is 0 Å². The Morgan fingerprint density at radius 1 is 1.09 bits per heavy atom. The summed E-state index contributed by atoms with van der Waals surface area (Å²) in [5.74, 6) is -0.130. The number of carbonyl (C=O) groups is 1. The predicted octanol–water partition coefficient (Wildman–Crippen LogP) is 3.30. The summed E-state index contributed by atoms with van der Waals surface area (Å²) in [5, 5.41) is 23.5. The predicted molar refractivity (Wildman–Crippen MR) is 126 cm³/mol. The van der Waals surface area contributed by atoms with Crippen LogP contribution in [0.5, 0.6) is 5.75 Å². The highest BCUT2D eigenvalue weighted by molar-refractivity contribution is 6.00. The van der Waals surface area contributed by atoms with Crippen molar-refractivity contribution in [2.24, 2.45) is 0 Å². The molecule has 0 aliphatic heterocycles. The average molecular weight is 452 g/mol. The van der Waals surface area contributed by atoms with Gasteiger partial charge in [-0.25, -0.2) is 4.98 Å². The average Bonchev–Trinajstić information content (AvgIpc) is 3.43. The van der Waals surface area contributed by atoms with E-state index in [4.69, 9.17) is 4.74 Å². The van der Waals surface area contributed by atoms with Crippen LogP contribution in [0, 0.1) is 0 Å². The molecule has 0 saturated carbocycles. The van der Waals surface area contributed by atoms with Crippen LogP contribution in [0.25, 0.3) is 22.0 Å². The molecule has 0 saturated heterocycles. The Hall–Kier alpha value is -4.63. The number of H-pyrrole nitrogens is 1. The number of benzene rings is 2. The Bertz CT molecular complexity index is 1470. The normalized spacial score (nSPS) is 12.8. The number of rotatable bonds is 6. The number of anilines is 1. The van der Waals surface area contributed by atoms with E-state index in [1.165, 1.54) is 25.7 Å². The third-order valence-electron chi connectivity index (χ3n) is 5.51. The van der Waals surface area contributed by atoms with Crippen molar-refractivity contribution in [3.8, 4) is 16.9 Å². The van der Waals surface area contributed by atoms with Gasteiger partial charge in [-0.3, -0.25) is 9.78 Å². The van der Waals surface area contributed by atoms with Crippen LogP contribution < -0.4 is 10.1 Å². The monoisotopic (exact) mass is 452 g/mol. The Morgan fingerprint density at radius 3 is 2.79 bits per heavy atom. The molecule has 3 N–H and O–H groups in total. The van der Waals surface area contributed by atoms with Gasteiger partial charge in [0.15, 0.2) is 5.82 Å². The maximum atomic E-state index is 13.5. The Morgan fingerprint density at radius 2 is 1.97 bits per heavy atom. The van der Waals surface area contributed by atoms with E-state index in [1.807, 2.05) is 24.3 Å². The number of amides is 1. The van der Waals surface area contributed by atoms with Gasteiger partial charge in [-0.15, -0.1) is 0 Å². The number of fused-ring (bicyclic) bond motifs is 1. The van der Waals surface area contributed by atoms with E-state index in [0.717, 1.165) is 22.0 Å². The van der Waals surface area contributed by atoms with Crippen molar-refractivity contribution in [3.05, 3.63) is 97.0 Å². The number of imidazole rings is 1. The SMILES string of the molecule is COc1cccc([C@@](O)(C(=O)Nc2cncc(-c3cnnc4ccccc34)c2)c2ncc[nH]2)c1. The highest BCUT2D eigenvalue weighted by Crippen LogP contribution is 2.32. The number of ether oxygens (including phenoxy) is 1. The molecule has 1 atom stereocenters. The Labute approximate surface area is 194 Å². The van der Waals surface area contributed by atoms with Crippen molar-refractivity contribution < 1.29 is 14.6 Å². The third-order valence-corrected chi connectivity index (χ3v) is 5.51. The molecule has 1 amide bonds. The lowest BCUT2D eigenvalue weighted by Crippen LogP contribution is -2.42. The molecule has 0 fully saturated rings. The number of methoxy groups -OCH3 is 1. The van der Waals surface area contributed by atoms with Crippen molar-refractivity contribution in [3.63, 3.8) is 0 Å². The summed E-state index contributed by atoms with van der Waals surface area (Å²) in [6.45, 7) is 0. The maximum Gasteiger partial charge on any atom is 0.269 e. The van der Waals surface area contributed by atoms with Crippen LogP contribution in [0.2, 0.25) is 0 Å². The lowest BCUT2D eigenvalue weighted by Gasteiger charge is -2.26. The van der Waals surface area contributed by atoms with Gasteiger partial charge in [0, 0.05) is 40.7 Å². The fraction of sp³-hybridized carbons (Fsp3) is 0.0800. The van der Waals surface area contributed by atoms with E-state index < -0.39 is 11.5 Å². The van der Waals surface area contributed by atoms with Crippen LogP contribution in [0.3, 0.4) is 0 Å². The van der Waals surface area contributed by atoms with Crippen molar-refractivity contribution in [2.75, 3.05) is 12.4 Å². The highest BCUT2D eigenvalue weighted by Gasteiger charge is 2.43. The molecule has 0 radical (unpaired) electrons. The molecule has 0 spiro atoms. The molecular weight excluding hydrogens is 432 g/mol. The summed E-state index contributed by atoms with van der Waals surface area (Å²) >= 11 is 0. The van der Waals surface area contributed by atoms with Crippen molar-refractivity contribution >= 4 is 22.5 Å². The van der Waals surface area contributed by atoms with Gasteiger partial charge in [-0.2, -0.15) is 10.2 Å². The first-order chi connectivity index (χ1) is 16.6. The van der Waals surface area contributed by atoms with Crippen LogP contribution in [0.15, 0.2) is 85.6 Å². The highest BCUT2D eigenvalue weighted by atomic mass is 16.5. The molecule has 0 bridgehead atoms. The van der Waals surface area contributed by atoms with Crippen LogP contribution in [0.1, 0.15) is 11.4 Å². The summed E-state index contributed by atoms with van der Waals surface area (Å²) in [5.41, 5.74) is 0.915. The molecule has 3 aromatic heterocycles. The Balaban J connectivity index is 1.53. The van der Waals surface area contributed by atoms with Crippen molar-refractivity contribution in [1.29, 1.82) is 0 Å². The number of pyridine rings is 1. The molecular formula is C25H20N6O3. The largest absolute Gasteiger partial charge is 0.497 e. The minimum absolute atomic E-state index is 0.0756. The number of aromatic nitrogens is 5. The second-order valence-corrected chi connectivity index (χ2v) is 7.57. The second kappa shape index (κ2) is 8.72. The first kappa shape index (κ1) is 21.2. The zero-order valence-electron chi connectivity index (χ0n) is 18.1. The van der Waals surface area contributed by atoms with Gasteiger partial charge in [0.25, 0.3) is 5.91 Å². The van der Waals surface area contributed by atoms with E-state index in [9.17, 15) is 9.90 Å². The first-order valence-electron chi connectivity index (χ1n) is 10.4. The topological polar surface area (TPSA) is 126 Å². The fourth-order valence-corrected chi connectivity index (χ4v) is 3.80. The van der Waals surface area contributed by atoms with Crippen LogP contribution in [0.4, 0.5) is 5.69 Å². The summed E-state index contributed by atoms with van der Waals surface area (Å²) in [4.78, 5) is 24.7. The number of aliphatic hydroxyl groups is 1. The molecule has 0 aliphatic rings. The fourth-order valence-electron chi connectivity index (χ4n) is 3.80. The standard InChI is InChI=1S/C25H20N6O3/c1-34-19-6-4-5-17(12-19)25(33,23-27-9-10-28-23)24(32)30-18-11-16(13-26-14-18)21-15-29-31-22-8-3-2-7-20(21)22/h2-15,33H,1H3,(H,27,28)(H,30,32)/t25-/m0/s1. The van der Waals surface area contributed by atoms with Gasteiger partial charge in [0.2, 0.25) is 5.60 Å². The minimum Gasteiger partial charge on any atom is -0.497 e. The molecule has 9 heteroatoms. The zero-order chi connectivity index (χ0) is 23.5. The Kier molecular flexibility index (Phi) is 5.44. The van der Waals surface area contributed by atoms with Gasteiger partial charge in [-0.1, -0.05) is 30.3 Å². The second-order valence-electron chi connectivity index (χ2n) is 7.57. The molecule has 5 aromatic rings. The summed E-state index contributed by atoms with van der Waals surface area (Å²) in [7, 11) is 1.51. The zero-order valence-corrected chi connectivity index (χ0v) is 18.1. The maximum absolute atomic E-state index is 13.5. The molecule has 3 heterocycles. The smallest absolute Gasteiger partial charge is 0.269 e. The summed E-state index contributed by atoms with van der Waals surface area (Å²) in [6, 6.07) is 16.0. The summed E-state index contributed by atoms with van der Waals surface area (Å²) in [6.07, 6.45) is 7.85. The number of hydrogen-bond acceptors (Lipinski definition) is 7. The third kappa shape index (κ3) is 3.74. The summed E-state index contributed by atoms with van der Waals surface area (Å²) < 4.78 is 5.27. The number of aromatic amines is 1. The van der Waals surface area contributed by atoms with E-state index >= 15 is 0 Å². The molecule has 168 valence electrons. The quantitative estimate of drug-likeness (QED) is 0.361. The van der Waals surface area contributed by atoms with Crippen molar-refractivity contribution in [1.82, 2.24) is 25.1 Å². The molecule has 2 aromatic carbocycles. The molecule has 34 heavy (non-hydrogen) atoms. The van der Waals surface area contributed by atoms with Crippen molar-refractivity contribution in [2.45, 2.75) is 5.60 Å². The van der Waals surface area contributed by atoms with E-state index in [1.54, 1.807) is 42.7 Å². The van der Waals surface area contributed by atoms with E-state index in [-0.39, 0.29) is 5.82 Å². The number of nitrogens with zero attached hydrogens (tertiary/aromatic N) is 4. The van der Waals surface area contributed by atoms with E-state index in [2.05, 4.69) is 30.5 Å². The number of carbonyl (C=O) groups excluding carboxylic acids is 1. The van der Waals surface area contributed by atoms with Gasteiger partial charge in [0.1, 0.15) is 5.75 Å². The lowest BCUT2D eigenvalue weighted by atomic mass is 9.91. The molecule has 0 unspecified atom stereocenters. The van der Waals surface area contributed by atoms with Crippen LogP contribution in [-0.4, -0.2) is 43.3 Å². The molecule has 9 nitrogen and oxygen atoms in total.